The van der Waals surface area contributed by atoms with E-state index >= 15 is 0 Å². The number of amides is 1. The fourth-order valence-corrected chi connectivity index (χ4v) is 6.12. The van der Waals surface area contributed by atoms with Crippen molar-refractivity contribution in [3.8, 4) is 17.2 Å². The Kier molecular flexibility index (Phi) is 9.76. The summed E-state index contributed by atoms with van der Waals surface area (Å²) in [6.45, 7) is 8.28. The molecule has 1 atom stereocenters. The van der Waals surface area contributed by atoms with E-state index in [2.05, 4.69) is 22.9 Å². The molecule has 2 heterocycles. The van der Waals surface area contributed by atoms with E-state index in [1.165, 1.54) is 0 Å². The molecule has 6 nitrogen and oxygen atoms in total. The largest absolute Gasteiger partial charge is 0.493 e. The van der Waals surface area contributed by atoms with Gasteiger partial charge in [0.2, 0.25) is 5.91 Å². The van der Waals surface area contributed by atoms with Gasteiger partial charge in [0.25, 0.3) is 0 Å². The Morgan fingerprint density at radius 3 is 2.51 bits per heavy atom. The van der Waals surface area contributed by atoms with Crippen LogP contribution in [0.1, 0.15) is 30.4 Å². The SMILES string of the molecule is Cc1cc(OCC2(CC(=O)N3CCN(C)CC3)CCCN(Cc3ccccc3Oc3cccc(Cl)c3)C2)ccc1Cl. The van der Waals surface area contributed by atoms with Gasteiger partial charge in [-0.25, -0.2) is 0 Å². The standard InChI is InChI=1S/C33H39Cl2N3O3/c1-25-19-28(11-12-30(25)35)40-24-33(21-32(39)38-17-15-36(2)16-18-38)13-6-14-37(23-33)22-26-7-3-4-10-31(26)41-29-9-5-8-27(34)20-29/h3-5,7-12,19-20H,6,13-18,21-24H2,1-2H3. The van der Waals surface area contributed by atoms with Crippen LogP contribution in [0.15, 0.2) is 66.7 Å². The molecule has 2 aliphatic heterocycles. The summed E-state index contributed by atoms with van der Waals surface area (Å²) in [5.74, 6) is 2.53. The average molecular weight is 597 g/mol. The van der Waals surface area contributed by atoms with Crippen molar-refractivity contribution in [2.45, 2.75) is 32.7 Å². The van der Waals surface area contributed by atoms with Crippen molar-refractivity contribution in [1.82, 2.24) is 14.7 Å². The number of hydrogen-bond donors (Lipinski definition) is 0. The number of piperidine rings is 1. The smallest absolute Gasteiger partial charge is 0.223 e. The summed E-state index contributed by atoms with van der Waals surface area (Å²) in [5, 5.41) is 1.36. The fraction of sp³-hybridized carbons (Fsp3) is 0.424. The molecular weight excluding hydrogens is 557 g/mol. The molecule has 2 aliphatic rings. The molecular formula is C33H39Cl2N3O3. The van der Waals surface area contributed by atoms with E-state index in [0.29, 0.717) is 23.8 Å². The van der Waals surface area contributed by atoms with Crippen LogP contribution >= 0.6 is 23.2 Å². The zero-order valence-corrected chi connectivity index (χ0v) is 25.5. The number of benzene rings is 3. The summed E-state index contributed by atoms with van der Waals surface area (Å²) in [6, 6.07) is 21.4. The number of nitrogens with zero attached hydrogens (tertiary/aromatic N) is 3. The number of ether oxygens (including phenoxy) is 2. The van der Waals surface area contributed by atoms with Gasteiger partial charge in [-0.05, 0) is 81.4 Å². The molecule has 0 aliphatic carbocycles. The van der Waals surface area contributed by atoms with Gasteiger partial charge in [-0.1, -0.05) is 47.5 Å². The first-order valence-corrected chi connectivity index (χ1v) is 15.1. The van der Waals surface area contributed by atoms with E-state index in [1.807, 2.05) is 72.5 Å². The van der Waals surface area contributed by atoms with Crippen LogP contribution in [0.3, 0.4) is 0 Å². The highest BCUT2D eigenvalue weighted by Crippen LogP contribution is 2.37. The summed E-state index contributed by atoms with van der Waals surface area (Å²) >= 11 is 12.4. The minimum absolute atomic E-state index is 0.223. The van der Waals surface area contributed by atoms with Crippen LogP contribution in [-0.4, -0.2) is 73.5 Å². The molecule has 1 amide bonds. The lowest BCUT2D eigenvalue weighted by molar-refractivity contribution is -0.137. The van der Waals surface area contributed by atoms with Gasteiger partial charge >= 0.3 is 0 Å². The maximum Gasteiger partial charge on any atom is 0.223 e. The van der Waals surface area contributed by atoms with Crippen molar-refractivity contribution >= 4 is 29.1 Å². The Hall–Kier alpha value is -2.77. The Morgan fingerprint density at radius 2 is 1.73 bits per heavy atom. The lowest BCUT2D eigenvalue weighted by Gasteiger charge is -2.44. The molecule has 3 aromatic carbocycles. The Morgan fingerprint density at radius 1 is 0.927 bits per heavy atom. The fourth-order valence-electron chi connectivity index (χ4n) is 5.82. The Labute approximate surface area is 253 Å². The molecule has 1 unspecified atom stereocenters. The van der Waals surface area contributed by atoms with Gasteiger partial charge in [-0.2, -0.15) is 0 Å². The number of likely N-dealkylation sites (tertiary alicyclic amines) is 1. The van der Waals surface area contributed by atoms with E-state index in [1.54, 1.807) is 0 Å². The van der Waals surface area contributed by atoms with Crippen LogP contribution in [0.4, 0.5) is 0 Å². The number of likely N-dealkylation sites (N-methyl/N-ethyl adjacent to an activating group) is 1. The van der Waals surface area contributed by atoms with Gasteiger partial charge in [0.05, 0.1) is 6.61 Å². The predicted molar refractivity (Wildman–Crippen MR) is 165 cm³/mol. The number of carbonyl (C=O) groups excluding carboxylic acids is 1. The van der Waals surface area contributed by atoms with E-state index in [0.717, 1.165) is 86.3 Å². The molecule has 0 saturated carbocycles. The van der Waals surface area contributed by atoms with Crippen LogP contribution in [0, 0.1) is 12.3 Å². The quantitative estimate of drug-likeness (QED) is 0.269. The van der Waals surface area contributed by atoms with Crippen molar-refractivity contribution in [3.63, 3.8) is 0 Å². The van der Waals surface area contributed by atoms with Crippen LogP contribution in [0.5, 0.6) is 17.2 Å². The highest BCUT2D eigenvalue weighted by Gasteiger charge is 2.40. The maximum absolute atomic E-state index is 13.6. The van der Waals surface area contributed by atoms with Gasteiger partial charge < -0.3 is 19.3 Å². The molecule has 8 heteroatoms. The first-order chi connectivity index (χ1) is 19.8. The average Bonchev–Trinajstić information content (AvgIpc) is 2.95. The van der Waals surface area contributed by atoms with E-state index < -0.39 is 0 Å². The van der Waals surface area contributed by atoms with Gasteiger partial charge in [0.15, 0.2) is 0 Å². The molecule has 2 saturated heterocycles. The van der Waals surface area contributed by atoms with Gasteiger partial charge in [-0.3, -0.25) is 9.69 Å². The number of halogens is 2. The lowest BCUT2D eigenvalue weighted by Crippen LogP contribution is -2.52. The first kappa shape index (κ1) is 29.7. The molecule has 41 heavy (non-hydrogen) atoms. The molecule has 2 fully saturated rings. The normalized spacial score (nSPS) is 20.1. The molecule has 218 valence electrons. The number of rotatable bonds is 9. The van der Waals surface area contributed by atoms with Gasteiger partial charge in [0, 0.05) is 66.7 Å². The van der Waals surface area contributed by atoms with Crippen LogP contribution < -0.4 is 9.47 Å². The topological polar surface area (TPSA) is 45.2 Å². The van der Waals surface area contributed by atoms with Crippen molar-refractivity contribution < 1.29 is 14.3 Å². The monoisotopic (exact) mass is 595 g/mol. The van der Waals surface area contributed by atoms with E-state index in [4.69, 9.17) is 32.7 Å². The third kappa shape index (κ3) is 7.95. The lowest BCUT2D eigenvalue weighted by atomic mass is 9.77. The van der Waals surface area contributed by atoms with Gasteiger partial charge in [0.1, 0.15) is 17.2 Å². The highest BCUT2D eigenvalue weighted by molar-refractivity contribution is 6.31. The minimum atomic E-state index is -0.297. The first-order valence-electron chi connectivity index (χ1n) is 14.4. The minimum Gasteiger partial charge on any atom is -0.493 e. The molecule has 5 rings (SSSR count). The predicted octanol–water partition coefficient (Wildman–Crippen LogP) is 6.92. The third-order valence-corrected chi connectivity index (χ3v) is 8.85. The zero-order valence-electron chi connectivity index (χ0n) is 24.0. The number of para-hydroxylation sites is 1. The highest BCUT2D eigenvalue weighted by atomic mass is 35.5. The second-order valence-corrected chi connectivity index (χ2v) is 12.4. The van der Waals surface area contributed by atoms with Crippen LogP contribution in [0.2, 0.25) is 10.0 Å². The summed E-state index contributed by atoms with van der Waals surface area (Å²) in [6.07, 6.45) is 2.41. The molecule has 3 aromatic rings. The summed E-state index contributed by atoms with van der Waals surface area (Å²) in [5.41, 5.74) is 1.78. The molecule has 0 aromatic heterocycles. The summed E-state index contributed by atoms with van der Waals surface area (Å²) in [4.78, 5) is 20.4. The van der Waals surface area contributed by atoms with Crippen molar-refractivity contribution in [2.75, 3.05) is 52.9 Å². The number of hydrogen-bond acceptors (Lipinski definition) is 5. The Balaban J connectivity index is 1.33. The second-order valence-electron chi connectivity index (χ2n) is 11.5. The molecule has 0 radical (unpaired) electrons. The van der Waals surface area contributed by atoms with Crippen molar-refractivity contribution in [2.24, 2.45) is 5.41 Å². The molecule has 0 N–H and O–H groups in total. The van der Waals surface area contributed by atoms with Crippen LogP contribution in [-0.2, 0) is 11.3 Å². The second kappa shape index (κ2) is 13.5. The number of carbonyl (C=O) groups is 1. The van der Waals surface area contributed by atoms with Crippen molar-refractivity contribution in [3.05, 3.63) is 87.9 Å². The van der Waals surface area contributed by atoms with Crippen molar-refractivity contribution in [1.29, 1.82) is 0 Å². The van der Waals surface area contributed by atoms with Gasteiger partial charge in [-0.15, -0.1) is 0 Å². The molecule has 0 spiro atoms. The summed E-state index contributed by atoms with van der Waals surface area (Å²) < 4.78 is 12.7. The van der Waals surface area contributed by atoms with E-state index in [9.17, 15) is 4.79 Å². The van der Waals surface area contributed by atoms with Crippen LogP contribution in [0.25, 0.3) is 0 Å². The number of aryl methyl sites for hydroxylation is 1. The number of piperazine rings is 1. The zero-order chi connectivity index (χ0) is 28.8. The summed E-state index contributed by atoms with van der Waals surface area (Å²) in [7, 11) is 2.11. The maximum atomic E-state index is 13.6. The molecule has 0 bridgehead atoms. The van der Waals surface area contributed by atoms with E-state index in [-0.39, 0.29) is 11.3 Å². The third-order valence-electron chi connectivity index (χ3n) is 8.19. The Bertz CT molecular complexity index is 1340.